The number of rotatable bonds is 4. The molecule has 0 aliphatic heterocycles. The van der Waals surface area contributed by atoms with Crippen molar-refractivity contribution in [3.8, 4) is 0 Å². The average Bonchev–Trinajstić information content (AvgIpc) is 1.89. The van der Waals surface area contributed by atoms with Crippen LogP contribution in [0.3, 0.4) is 0 Å². The van der Waals surface area contributed by atoms with Crippen LogP contribution in [0.1, 0.15) is 6.92 Å². The number of hydrogen-bond donors (Lipinski definition) is 3. The molecular formula is C6H15N3O. The van der Waals surface area contributed by atoms with Crippen molar-refractivity contribution >= 4 is 6.03 Å². The topological polar surface area (TPSA) is 53.2 Å². The van der Waals surface area contributed by atoms with E-state index in [1.165, 1.54) is 0 Å². The quantitative estimate of drug-likeness (QED) is 0.468. The highest BCUT2D eigenvalue weighted by atomic mass is 16.2. The lowest BCUT2D eigenvalue weighted by Crippen LogP contribution is -2.38. The first-order valence-electron chi connectivity index (χ1n) is 3.47. The predicted octanol–water partition coefficient (Wildman–Crippen LogP) is -0.475. The Labute approximate surface area is 61.4 Å². The van der Waals surface area contributed by atoms with Gasteiger partial charge in [0, 0.05) is 19.6 Å². The number of likely N-dealkylation sites (N-methyl/N-ethyl adjacent to an activating group) is 1. The molecule has 0 aromatic heterocycles. The predicted molar refractivity (Wildman–Crippen MR) is 41.0 cm³/mol. The Bertz CT molecular complexity index is 95.0. The molecule has 4 heteroatoms. The van der Waals surface area contributed by atoms with Crippen LogP contribution in [0.5, 0.6) is 0 Å². The zero-order valence-corrected chi connectivity index (χ0v) is 6.53. The number of carbonyl (C=O) groups is 1. The van der Waals surface area contributed by atoms with E-state index in [1.807, 2.05) is 14.0 Å². The highest BCUT2D eigenvalue weighted by molar-refractivity contribution is 5.73. The molecule has 0 heterocycles. The summed E-state index contributed by atoms with van der Waals surface area (Å²) < 4.78 is 0. The summed E-state index contributed by atoms with van der Waals surface area (Å²) in [7, 11) is 1.85. The summed E-state index contributed by atoms with van der Waals surface area (Å²) in [5.74, 6) is 0. The van der Waals surface area contributed by atoms with E-state index in [-0.39, 0.29) is 6.03 Å². The molecule has 0 rings (SSSR count). The summed E-state index contributed by atoms with van der Waals surface area (Å²) >= 11 is 0. The van der Waals surface area contributed by atoms with Crippen LogP contribution >= 0.6 is 0 Å². The highest BCUT2D eigenvalue weighted by Crippen LogP contribution is 1.62. The summed E-state index contributed by atoms with van der Waals surface area (Å²) in [4.78, 5) is 10.7. The Morgan fingerprint density at radius 3 is 2.50 bits per heavy atom. The van der Waals surface area contributed by atoms with E-state index in [2.05, 4.69) is 16.0 Å². The standard InChI is InChI=1S/C6H15N3O/c1-3-8-6(10)9-5-4-7-2/h7H,3-5H2,1-2H3,(H2,8,9,10). The third-order valence-electron chi connectivity index (χ3n) is 0.998. The molecule has 2 amide bonds. The van der Waals surface area contributed by atoms with Crippen LogP contribution in [0, 0.1) is 0 Å². The molecule has 0 aliphatic carbocycles. The van der Waals surface area contributed by atoms with E-state index in [9.17, 15) is 4.79 Å². The minimum atomic E-state index is -0.0993. The molecule has 0 saturated heterocycles. The van der Waals surface area contributed by atoms with E-state index >= 15 is 0 Å². The van der Waals surface area contributed by atoms with Crippen molar-refractivity contribution < 1.29 is 4.79 Å². The van der Waals surface area contributed by atoms with Crippen molar-refractivity contribution in [2.75, 3.05) is 26.7 Å². The molecule has 0 unspecified atom stereocenters. The van der Waals surface area contributed by atoms with Crippen molar-refractivity contribution in [2.24, 2.45) is 0 Å². The van der Waals surface area contributed by atoms with Gasteiger partial charge in [-0.2, -0.15) is 0 Å². The fourth-order valence-electron chi connectivity index (χ4n) is 0.524. The maximum Gasteiger partial charge on any atom is 0.314 e. The van der Waals surface area contributed by atoms with Gasteiger partial charge in [-0.1, -0.05) is 0 Å². The lowest BCUT2D eigenvalue weighted by atomic mass is 10.6. The summed E-state index contributed by atoms with van der Waals surface area (Å²) in [6.07, 6.45) is 0. The van der Waals surface area contributed by atoms with Gasteiger partial charge in [0.1, 0.15) is 0 Å². The van der Waals surface area contributed by atoms with Crippen molar-refractivity contribution in [1.29, 1.82) is 0 Å². The summed E-state index contributed by atoms with van der Waals surface area (Å²) in [5, 5.41) is 8.22. The van der Waals surface area contributed by atoms with Gasteiger partial charge >= 0.3 is 6.03 Å². The summed E-state index contributed by atoms with van der Waals surface area (Å²) in [6.45, 7) is 4.03. The normalized spacial score (nSPS) is 9.00. The van der Waals surface area contributed by atoms with Crippen molar-refractivity contribution in [2.45, 2.75) is 6.92 Å². The molecule has 60 valence electrons. The SMILES string of the molecule is CCNC(=O)NCCNC. The molecule has 0 aromatic carbocycles. The summed E-state index contributed by atoms with van der Waals surface area (Å²) in [6, 6.07) is -0.0993. The Hall–Kier alpha value is -0.770. The Morgan fingerprint density at radius 2 is 2.00 bits per heavy atom. The van der Waals surface area contributed by atoms with E-state index in [0.29, 0.717) is 13.1 Å². The van der Waals surface area contributed by atoms with Crippen LogP contribution in [-0.2, 0) is 0 Å². The van der Waals surface area contributed by atoms with Gasteiger partial charge in [-0.15, -0.1) is 0 Å². The molecule has 0 fully saturated rings. The second-order valence-electron chi connectivity index (χ2n) is 1.89. The third kappa shape index (κ3) is 5.37. The minimum Gasteiger partial charge on any atom is -0.338 e. The molecule has 3 N–H and O–H groups in total. The van der Waals surface area contributed by atoms with Gasteiger partial charge in [0.2, 0.25) is 0 Å². The molecular weight excluding hydrogens is 130 g/mol. The number of hydrogen-bond acceptors (Lipinski definition) is 2. The molecule has 0 aromatic rings. The van der Waals surface area contributed by atoms with Gasteiger partial charge in [-0.3, -0.25) is 0 Å². The van der Waals surface area contributed by atoms with Gasteiger partial charge in [-0.25, -0.2) is 4.79 Å². The molecule has 0 radical (unpaired) electrons. The lowest BCUT2D eigenvalue weighted by Gasteiger charge is -2.03. The van der Waals surface area contributed by atoms with Crippen molar-refractivity contribution in [3.63, 3.8) is 0 Å². The van der Waals surface area contributed by atoms with Crippen LogP contribution in [0.15, 0.2) is 0 Å². The molecule has 4 nitrogen and oxygen atoms in total. The molecule has 0 atom stereocenters. The molecule has 0 saturated carbocycles. The van der Waals surface area contributed by atoms with Gasteiger partial charge < -0.3 is 16.0 Å². The Kier molecular flexibility index (Phi) is 5.86. The van der Waals surface area contributed by atoms with Crippen LogP contribution in [-0.4, -0.2) is 32.7 Å². The lowest BCUT2D eigenvalue weighted by molar-refractivity contribution is 0.241. The fraction of sp³-hybridized carbons (Fsp3) is 0.833. The first kappa shape index (κ1) is 9.23. The molecule has 0 aliphatic rings. The fourth-order valence-corrected chi connectivity index (χ4v) is 0.524. The van der Waals surface area contributed by atoms with Crippen LogP contribution < -0.4 is 16.0 Å². The number of carbonyl (C=O) groups excluding carboxylic acids is 1. The molecule has 0 bridgehead atoms. The first-order chi connectivity index (χ1) is 4.81. The van der Waals surface area contributed by atoms with Crippen LogP contribution in [0.25, 0.3) is 0 Å². The molecule has 10 heavy (non-hydrogen) atoms. The number of nitrogens with one attached hydrogen (secondary N) is 3. The van der Waals surface area contributed by atoms with Crippen LogP contribution in [0.2, 0.25) is 0 Å². The van der Waals surface area contributed by atoms with Gasteiger partial charge in [0.05, 0.1) is 0 Å². The maximum absolute atomic E-state index is 10.7. The van der Waals surface area contributed by atoms with E-state index in [0.717, 1.165) is 6.54 Å². The highest BCUT2D eigenvalue weighted by Gasteiger charge is 1.93. The zero-order valence-electron chi connectivity index (χ0n) is 6.53. The first-order valence-corrected chi connectivity index (χ1v) is 3.47. The number of amides is 2. The number of urea groups is 1. The largest absolute Gasteiger partial charge is 0.338 e. The monoisotopic (exact) mass is 145 g/mol. The minimum absolute atomic E-state index is 0.0993. The van der Waals surface area contributed by atoms with E-state index in [4.69, 9.17) is 0 Å². The smallest absolute Gasteiger partial charge is 0.314 e. The van der Waals surface area contributed by atoms with Crippen molar-refractivity contribution in [1.82, 2.24) is 16.0 Å². The zero-order chi connectivity index (χ0) is 7.82. The second-order valence-corrected chi connectivity index (χ2v) is 1.89. The van der Waals surface area contributed by atoms with Gasteiger partial charge in [-0.05, 0) is 14.0 Å². The second kappa shape index (κ2) is 6.35. The van der Waals surface area contributed by atoms with Crippen molar-refractivity contribution in [3.05, 3.63) is 0 Å². The maximum atomic E-state index is 10.7. The Morgan fingerprint density at radius 1 is 1.30 bits per heavy atom. The third-order valence-corrected chi connectivity index (χ3v) is 0.998. The summed E-state index contributed by atoms with van der Waals surface area (Å²) in [5.41, 5.74) is 0. The van der Waals surface area contributed by atoms with Crippen LogP contribution in [0.4, 0.5) is 4.79 Å². The van der Waals surface area contributed by atoms with E-state index in [1.54, 1.807) is 0 Å². The Balaban J connectivity index is 3.05. The molecule has 0 spiro atoms. The van der Waals surface area contributed by atoms with Gasteiger partial charge in [0.25, 0.3) is 0 Å². The average molecular weight is 145 g/mol. The van der Waals surface area contributed by atoms with E-state index < -0.39 is 0 Å². The van der Waals surface area contributed by atoms with Gasteiger partial charge in [0.15, 0.2) is 0 Å².